The van der Waals surface area contributed by atoms with Crippen molar-refractivity contribution in [3.8, 4) is 0 Å². The van der Waals surface area contributed by atoms with E-state index in [2.05, 4.69) is 64.1 Å². The minimum absolute atomic E-state index is 0.0661. The molecule has 0 N–H and O–H groups in total. The van der Waals surface area contributed by atoms with Crippen LogP contribution in [0.2, 0.25) is 0 Å². The van der Waals surface area contributed by atoms with E-state index < -0.39 is 11.7 Å². The molecule has 0 unspecified atom stereocenters. The van der Waals surface area contributed by atoms with Gasteiger partial charge in [-0.25, -0.2) is 4.99 Å². The van der Waals surface area contributed by atoms with Crippen LogP contribution >= 0.6 is 0 Å². The molecule has 2 aliphatic carbocycles. The Morgan fingerprint density at radius 1 is 0.694 bits per heavy atom. The molecule has 2 aliphatic rings. The van der Waals surface area contributed by atoms with Crippen LogP contribution in [0.5, 0.6) is 0 Å². The molecule has 0 spiro atoms. The summed E-state index contributed by atoms with van der Waals surface area (Å²) in [6.07, 6.45) is -1.46. The predicted octanol–water partition coefficient (Wildman–Crippen LogP) is 9.18. The Morgan fingerprint density at radius 2 is 1.25 bits per heavy atom. The highest BCUT2D eigenvalue weighted by Gasteiger charge is 2.34. The van der Waals surface area contributed by atoms with Crippen LogP contribution in [0.1, 0.15) is 74.6 Å². The Kier molecular flexibility index (Phi) is 6.19. The zero-order chi connectivity index (χ0) is 25.6. The minimum Gasteiger partial charge on any atom is -0.251 e. The summed E-state index contributed by atoms with van der Waals surface area (Å²) in [6.45, 7) is 8.67. The summed E-state index contributed by atoms with van der Waals surface area (Å²) in [7, 11) is 0. The van der Waals surface area contributed by atoms with Gasteiger partial charge in [0.15, 0.2) is 0 Å². The number of hydrogen-bond acceptors (Lipinski definition) is 2. The summed E-state index contributed by atoms with van der Waals surface area (Å²) >= 11 is 0. The molecule has 3 aromatic rings. The van der Waals surface area contributed by atoms with Crippen LogP contribution < -0.4 is 0 Å². The van der Waals surface area contributed by atoms with Crippen LogP contribution in [0, 0.1) is 0 Å². The van der Waals surface area contributed by atoms with E-state index in [1.165, 1.54) is 17.2 Å². The summed E-state index contributed by atoms with van der Waals surface area (Å²) in [4.78, 5) is 10.3. The number of alkyl halides is 3. The van der Waals surface area contributed by atoms with Crippen molar-refractivity contribution < 1.29 is 13.2 Å². The van der Waals surface area contributed by atoms with E-state index in [4.69, 9.17) is 9.98 Å². The van der Waals surface area contributed by atoms with Crippen LogP contribution in [0.25, 0.3) is 10.8 Å². The monoisotopic (exact) mass is 486 g/mol. The highest BCUT2D eigenvalue weighted by Crippen LogP contribution is 2.39. The Bertz CT molecular complexity index is 1440. The lowest BCUT2D eigenvalue weighted by Gasteiger charge is -2.18. The number of benzene rings is 3. The maximum Gasteiger partial charge on any atom is 0.412 e. The number of allylic oxidation sites excluding steroid dienone is 4. The molecule has 0 amide bonds. The van der Waals surface area contributed by atoms with Crippen LogP contribution in [0.15, 0.2) is 88.0 Å². The summed E-state index contributed by atoms with van der Waals surface area (Å²) in [5, 5.41) is 2.19. The second-order valence-electron chi connectivity index (χ2n) is 10.1. The number of rotatable bonds is 4. The van der Waals surface area contributed by atoms with Gasteiger partial charge in [-0.1, -0.05) is 88.4 Å². The number of para-hydroxylation sites is 1. The first-order valence-electron chi connectivity index (χ1n) is 12.4. The highest BCUT2D eigenvalue weighted by molar-refractivity contribution is 6.61. The van der Waals surface area contributed by atoms with Gasteiger partial charge >= 0.3 is 6.18 Å². The first-order chi connectivity index (χ1) is 17.1. The fraction of sp³-hybridized carbons (Fsp3) is 0.290. The molecule has 184 valence electrons. The summed E-state index contributed by atoms with van der Waals surface area (Å²) < 4.78 is 39.5. The van der Waals surface area contributed by atoms with Crippen molar-refractivity contribution in [2.45, 2.75) is 58.5 Å². The standard InChI is InChI=1S/C31H29F3N2/c1-18(2)23-10-7-11-24(19(3)4)28(23)36-30-26-13-6-9-20-8-5-12-25(27(20)26)29(30)35-22-16-14-21(15-17-22)31(32,33)34/h5-14,16,18-19H,15,17H2,1-4H3. The second kappa shape index (κ2) is 9.20. The average molecular weight is 487 g/mol. The third kappa shape index (κ3) is 4.32. The molecule has 0 radical (unpaired) electrons. The van der Waals surface area contributed by atoms with Crippen molar-refractivity contribution in [3.05, 3.63) is 100 Å². The molecule has 0 saturated carbocycles. The van der Waals surface area contributed by atoms with Crippen molar-refractivity contribution in [1.29, 1.82) is 0 Å². The van der Waals surface area contributed by atoms with E-state index in [0.29, 0.717) is 5.70 Å². The average Bonchev–Trinajstić information content (AvgIpc) is 3.13. The molecular weight excluding hydrogens is 457 g/mol. The van der Waals surface area contributed by atoms with E-state index in [1.54, 1.807) is 0 Å². The quantitative estimate of drug-likeness (QED) is 0.351. The van der Waals surface area contributed by atoms with Crippen molar-refractivity contribution >= 4 is 27.9 Å². The van der Waals surface area contributed by atoms with Gasteiger partial charge in [0.25, 0.3) is 0 Å². The molecule has 0 saturated heterocycles. The molecule has 5 heteroatoms. The third-order valence-electron chi connectivity index (χ3n) is 6.95. The first kappa shape index (κ1) is 24.2. The van der Waals surface area contributed by atoms with E-state index in [-0.39, 0.29) is 24.7 Å². The number of hydrogen-bond donors (Lipinski definition) is 0. The van der Waals surface area contributed by atoms with Gasteiger partial charge in [0.1, 0.15) is 0 Å². The van der Waals surface area contributed by atoms with Gasteiger partial charge in [-0.15, -0.1) is 0 Å². The zero-order valence-corrected chi connectivity index (χ0v) is 20.9. The summed E-state index contributed by atoms with van der Waals surface area (Å²) in [6, 6.07) is 18.6. The van der Waals surface area contributed by atoms with Crippen LogP contribution in [0.4, 0.5) is 18.9 Å². The summed E-state index contributed by atoms with van der Waals surface area (Å²) in [5.41, 5.74) is 6.93. The van der Waals surface area contributed by atoms with Crippen molar-refractivity contribution in [1.82, 2.24) is 0 Å². The van der Waals surface area contributed by atoms with Crippen LogP contribution in [-0.2, 0) is 0 Å². The van der Waals surface area contributed by atoms with E-state index in [0.717, 1.165) is 45.1 Å². The number of aliphatic imine (C=N–C) groups is 2. The van der Waals surface area contributed by atoms with Crippen molar-refractivity contribution in [3.63, 3.8) is 0 Å². The lowest BCUT2D eigenvalue weighted by molar-refractivity contribution is -0.0941. The molecule has 0 atom stereocenters. The molecule has 0 heterocycles. The van der Waals surface area contributed by atoms with E-state index >= 15 is 0 Å². The van der Waals surface area contributed by atoms with Crippen molar-refractivity contribution in [2.24, 2.45) is 9.98 Å². The Labute approximate surface area is 210 Å². The Morgan fingerprint density at radius 3 is 1.75 bits per heavy atom. The lowest BCUT2D eigenvalue weighted by atomic mass is 9.92. The molecule has 0 fully saturated rings. The lowest BCUT2D eigenvalue weighted by Crippen LogP contribution is -2.15. The topological polar surface area (TPSA) is 24.7 Å². The van der Waals surface area contributed by atoms with E-state index in [1.807, 2.05) is 18.2 Å². The van der Waals surface area contributed by atoms with Gasteiger partial charge in [-0.05, 0) is 47.3 Å². The highest BCUT2D eigenvalue weighted by atomic mass is 19.4. The normalized spacial score (nSPS) is 18.0. The predicted molar refractivity (Wildman–Crippen MR) is 143 cm³/mol. The smallest absolute Gasteiger partial charge is 0.251 e. The molecule has 0 aliphatic heterocycles. The van der Waals surface area contributed by atoms with Gasteiger partial charge in [0.2, 0.25) is 0 Å². The SMILES string of the molecule is CC(C)c1cccc(C(C)C)c1N=C1C(=NC2=CC=C(C(F)(F)F)CC2)c2cccc3cccc1c23. The Hall–Kier alpha value is -3.47. The summed E-state index contributed by atoms with van der Waals surface area (Å²) in [5.74, 6) is 0.574. The number of halogens is 3. The van der Waals surface area contributed by atoms with Crippen molar-refractivity contribution in [2.75, 3.05) is 0 Å². The van der Waals surface area contributed by atoms with Gasteiger partial charge in [0.05, 0.1) is 17.1 Å². The third-order valence-corrected chi connectivity index (χ3v) is 6.95. The molecule has 0 aromatic heterocycles. The largest absolute Gasteiger partial charge is 0.412 e. The fourth-order valence-corrected chi connectivity index (χ4v) is 5.07. The maximum atomic E-state index is 13.2. The van der Waals surface area contributed by atoms with Crippen LogP contribution in [0.3, 0.4) is 0 Å². The Balaban J connectivity index is 1.75. The molecule has 5 rings (SSSR count). The van der Waals surface area contributed by atoms with Gasteiger partial charge < -0.3 is 0 Å². The molecule has 3 aromatic carbocycles. The number of nitrogens with zero attached hydrogens (tertiary/aromatic N) is 2. The molecule has 2 nitrogen and oxygen atoms in total. The van der Waals surface area contributed by atoms with Crippen LogP contribution in [-0.4, -0.2) is 17.6 Å². The van der Waals surface area contributed by atoms with E-state index in [9.17, 15) is 13.2 Å². The molecule has 36 heavy (non-hydrogen) atoms. The van der Waals surface area contributed by atoms with Gasteiger partial charge in [-0.2, -0.15) is 13.2 Å². The van der Waals surface area contributed by atoms with Gasteiger partial charge in [-0.3, -0.25) is 4.99 Å². The fourth-order valence-electron chi connectivity index (χ4n) is 5.07. The molecular formula is C31H29F3N2. The zero-order valence-electron chi connectivity index (χ0n) is 20.9. The maximum absolute atomic E-state index is 13.2. The minimum atomic E-state index is -4.30. The van der Waals surface area contributed by atoms with Gasteiger partial charge in [0, 0.05) is 27.8 Å². The second-order valence-corrected chi connectivity index (χ2v) is 10.1. The molecule has 0 bridgehead atoms. The first-order valence-corrected chi connectivity index (χ1v) is 12.4.